The van der Waals surface area contributed by atoms with Crippen molar-refractivity contribution >= 4 is 23.5 Å². The van der Waals surface area contributed by atoms with Gasteiger partial charge in [-0.2, -0.15) is 0 Å². The second kappa shape index (κ2) is 8.53. The Morgan fingerprint density at radius 3 is 2.53 bits per heavy atom. The van der Waals surface area contributed by atoms with Crippen LogP contribution >= 0.6 is 11.6 Å². The summed E-state index contributed by atoms with van der Waals surface area (Å²) in [5.74, 6) is -0.0904. The van der Waals surface area contributed by atoms with E-state index in [1.54, 1.807) is 0 Å². The molecule has 0 radical (unpaired) electrons. The number of halogens is 1. The highest BCUT2D eigenvalue weighted by Crippen LogP contribution is 2.04. The Balaban J connectivity index is 2.39. The molecular weight excluding hydrogens is 266 g/mol. The standard InChI is InChI=1S/C14H18ClNO3/c1-2-16(9-8-13(17)10-15)14(18)19-11-12-6-4-3-5-7-12/h3-7H,2,8-11H2,1H3. The largest absolute Gasteiger partial charge is 0.445 e. The first kappa shape index (κ1) is 15.5. The van der Waals surface area contributed by atoms with E-state index >= 15 is 0 Å². The molecular formula is C14H18ClNO3. The number of ketones is 1. The molecule has 0 heterocycles. The lowest BCUT2D eigenvalue weighted by Gasteiger charge is -2.19. The number of benzene rings is 1. The van der Waals surface area contributed by atoms with E-state index in [1.807, 2.05) is 37.3 Å². The highest BCUT2D eigenvalue weighted by Gasteiger charge is 2.14. The van der Waals surface area contributed by atoms with Crippen LogP contribution in [0.25, 0.3) is 0 Å². The molecule has 0 unspecified atom stereocenters. The molecule has 0 saturated carbocycles. The topological polar surface area (TPSA) is 46.6 Å². The number of hydrogen-bond donors (Lipinski definition) is 0. The van der Waals surface area contributed by atoms with Gasteiger partial charge in [0.2, 0.25) is 0 Å². The highest BCUT2D eigenvalue weighted by atomic mass is 35.5. The molecule has 19 heavy (non-hydrogen) atoms. The summed E-state index contributed by atoms with van der Waals surface area (Å²) in [5.41, 5.74) is 0.934. The Kier molecular flexibility index (Phi) is 6.97. The van der Waals surface area contributed by atoms with Gasteiger partial charge < -0.3 is 9.64 Å². The van der Waals surface area contributed by atoms with Crippen molar-refractivity contribution in [1.82, 2.24) is 4.90 Å². The number of rotatable bonds is 7. The monoisotopic (exact) mass is 283 g/mol. The molecule has 104 valence electrons. The van der Waals surface area contributed by atoms with Crippen LogP contribution in [-0.4, -0.2) is 35.7 Å². The maximum Gasteiger partial charge on any atom is 0.410 e. The van der Waals surface area contributed by atoms with Crippen LogP contribution in [0.4, 0.5) is 4.79 Å². The van der Waals surface area contributed by atoms with Gasteiger partial charge in [0, 0.05) is 19.5 Å². The number of carbonyl (C=O) groups excluding carboxylic acids is 2. The fraction of sp³-hybridized carbons (Fsp3) is 0.429. The first-order chi connectivity index (χ1) is 9.17. The Morgan fingerprint density at radius 2 is 1.95 bits per heavy atom. The molecule has 0 aliphatic rings. The molecule has 0 fully saturated rings. The van der Waals surface area contributed by atoms with Crippen molar-refractivity contribution < 1.29 is 14.3 Å². The summed E-state index contributed by atoms with van der Waals surface area (Å²) in [5, 5.41) is 0. The normalized spacial score (nSPS) is 10.0. The van der Waals surface area contributed by atoms with Gasteiger partial charge >= 0.3 is 6.09 Å². The zero-order valence-corrected chi connectivity index (χ0v) is 11.7. The van der Waals surface area contributed by atoms with Gasteiger partial charge in [-0.1, -0.05) is 30.3 Å². The van der Waals surface area contributed by atoms with Gasteiger partial charge in [0.25, 0.3) is 0 Å². The van der Waals surface area contributed by atoms with E-state index in [9.17, 15) is 9.59 Å². The Labute approximate surface area is 118 Å². The van der Waals surface area contributed by atoms with E-state index < -0.39 is 6.09 Å². The van der Waals surface area contributed by atoms with E-state index in [4.69, 9.17) is 16.3 Å². The van der Waals surface area contributed by atoms with Crippen molar-refractivity contribution in [3.8, 4) is 0 Å². The van der Waals surface area contributed by atoms with E-state index in [0.29, 0.717) is 13.1 Å². The van der Waals surface area contributed by atoms with Gasteiger partial charge in [0.05, 0.1) is 5.88 Å². The Bertz CT molecular complexity index is 408. The van der Waals surface area contributed by atoms with Crippen molar-refractivity contribution in [1.29, 1.82) is 0 Å². The molecule has 1 rings (SSSR count). The van der Waals surface area contributed by atoms with Crippen LogP contribution in [0.5, 0.6) is 0 Å². The molecule has 1 aromatic carbocycles. The van der Waals surface area contributed by atoms with Crippen LogP contribution in [0, 0.1) is 0 Å². The Hall–Kier alpha value is -1.55. The van der Waals surface area contributed by atoms with Crippen LogP contribution in [0.3, 0.4) is 0 Å². The third-order valence-corrected chi connectivity index (χ3v) is 2.95. The van der Waals surface area contributed by atoms with E-state index in [1.165, 1.54) is 4.90 Å². The summed E-state index contributed by atoms with van der Waals surface area (Å²) in [6.07, 6.45) is -0.147. The van der Waals surface area contributed by atoms with E-state index in [-0.39, 0.29) is 24.7 Å². The van der Waals surface area contributed by atoms with Gasteiger partial charge in [0.15, 0.2) is 0 Å². The van der Waals surface area contributed by atoms with Crippen molar-refractivity contribution in [3.05, 3.63) is 35.9 Å². The lowest BCUT2D eigenvalue weighted by Crippen LogP contribution is -2.33. The summed E-state index contributed by atoms with van der Waals surface area (Å²) in [6.45, 7) is 2.92. The number of hydrogen-bond acceptors (Lipinski definition) is 3. The molecule has 0 atom stereocenters. The highest BCUT2D eigenvalue weighted by molar-refractivity contribution is 6.27. The molecule has 0 spiro atoms. The van der Waals surface area contributed by atoms with E-state index in [2.05, 4.69) is 0 Å². The molecule has 0 bridgehead atoms. The summed E-state index contributed by atoms with van der Waals surface area (Å²) in [4.78, 5) is 24.4. The first-order valence-electron chi connectivity index (χ1n) is 6.20. The molecule has 1 aromatic rings. The average molecular weight is 284 g/mol. The minimum atomic E-state index is -0.409. The summed E-state index contributed by atoms with van der Waals surface area (Å²) in [6, 6.07) is 9.46. The minimum Gasteiger partial charge on any atom is -0.445 e. The second-order valence-electron chi connectivity index (χ2n) is 4.04. The molecule has 5 heteroatoms. The second-order valence-corrected chi connectivity index (χ2v) is 4.31. The maximum absolute atomic E-state index is 11.8. The summed E-state index contributed by atoms with van der Waals surface area (Å²) < 4.78 is 5.19. The van der Waals surface area contributed by atoms with Gasteiger partial charge in [-0.15, -0.1) is 11.6 Å². The fourth-order valence-electron chi connectivity index (χ4n) is 1.52. The third-order valence-electron chi connectivity index (χ3n) is 2.65. The smallest absolute Gasteiger partial charge is 0.410 e. The molecule has 0 aromatic heterocycles. The SMILES string of the molecule is CCN(CCC(=O)CCl)C(=O)OCc1ccccc1. The van der Waals surface area contributed by atoms with Gasteiger partial charge in [-0.3, -0.25) is 4.79 Å². The lowest BCUT2D eigenvalue weighted by atomic mass is 10.2. The number of nitrogens with zero attached hydrogens (tertiary/aromatic N) is 1. The fourth-order valence-corrected chi connectivity index (χ4v) is 1.65. The van der Waals surface area contributed by atoms with Crippen LogP contribution < -0.4 is 0 Å². The van der Waals surface area contributed by atoms with Crippen LogP contribution in [0.2, 0.25) is 0 Å². The molecule has 0 saturated heterocycles. The summed E-state index contributed by atoms with van der Waals surface area (Å²) in [7, 11) is 0. The molecule has 0 N–H and O–H groups in total. The molecule has 1 amide bonds. The van der Waals surface area contributed by atoms with Crippen LogP contribution in [0.15, 0.2) is 30.3 Å². The molecule has 0 aliphatic carbocycles. The predicted octanol–water partition coefficient (Wildman–Crippen LogP) is 2.84. The predicted molar refractivity (Wildman–Crippen MR) is 74.2 cm³/mol. The van der Waals surface area contributed by atoms with Crippen LogP contribution in [0.1, 0.15) is 18.9 Å². The van der Waals surface area contributed by atoms with Crippen LogP contribution in [-0.2, 0) is 16.1 Å². The first-order valence-corrected chi connectivity index (χ1v) is 6.74. The van der Waals surface area contributed by atoms with Crippen molar-refractivity contribution in [2.75, 3.05) is 19.0 Å². The quantitative estimate of drug-likeness (QED) is 0.723. The van der Waals surface area contributed by atoms with Crippen molar-refractivity contribution in [2.45, 2.75) is 20.0 Å². The molecule has 4 nitrogen and oxygen atoms in total. The number of amides is 1. The lowest BCUT2D eigenvalue weighted by molar-refractivity contribution is -0.116. The number of ether oxygens (including phenoxy) is 1. The number of alkyl halides is 1. The van der Waals surface area contributed by atoms with Gasteiger partial charge in [-0.05, 0) is 12.5 Å². The average Bonchev–Trinajstić information content (AvgIpc) is 2.46. The number of Topliss-reactive ketones (excluding diaryl/α,β-unsaturated/α-hetero) is 1. The van der Waals surface area contributed by atoms with Crippen molar-refractivity contribution in [3.63, 3.8) is 0 Å². The van der Waals surface area contributed by atoms with Gasteiger partial charge in [-0.25, -0.2) is 4.79 Å². The number of carbonyl (C=O) groups is 2. The Morgan fingerprint density at radius 1 is 1.26 bits per heavy atom. The minimum absolute atomic E-state index is 0.0172. The molecule has 0 aliphatic heterocycles. The van der Waals surface area contributed by atoms with E-state index in [0.717, 1.165) is 5.56 Å². The zero-order valence-electron chi connectivity index (χ0n) is 11.0. The van der Waals surface area contributed by atoms with Gasteiger partial charge in [0.1, 0.15) is 12.4 Å². The zero-order chi connectivity index (χ0) is 14.1. The van der Waals surface area contributed by atoms with Crippen molar-refractivity contribution in [2.24, 2.45) is 0 Å². The third kappa shape index (κ3) is 5.75. The maximum atomic E-state index is 11.8. The summed E-state index contributed by atoms with van der Waals surface area (Å²) >= 11 is 5.42.